The van der Waals surface area contributed by atoms with Crippen LogP contribution in [0.3, 0.4) is 0 Å². The molecule has 0 unspecified atom stereocenters. The number of nitrogens with zero attached hydrogens (tertiary/aromatic N) is 1. The van der Waals surface area contributed by atoms with Crippen LogP contribution in [0.25, 0.3) is 0 Å². The fourth-order valence-corrected chi connectivity index (χ4v) is 1.36. The van der Waals surface area contributed by atoms with E-state index in [0.29, 0.717) is 12.0 Å². The summed E-state index contributed by atoms with van der Waals surface area (Å²) in [6.45, 7) is 3.46. The maximum Gasteiger partial charge on any atom is 0.225 e. The van der Waals surface area contributed by atoms with Crippen molar-refractivity contribution in [2.24, 2.45) is 0 Å². The first-order valence-corrected chi connectivity index (χ1v) is 5.46. The van der Waals surface area contributed by atoms with Crippen LogP contribution in [0.2, 0.25) is 0 Å². The zero-order valence-electron chi connectivity index (χ0n) is 9.96. The van der Waals surface area contributed by atoms with Crippen molar-refractivity contribution in [2.45, 2.75) is 32.2 Å². The third-order valence-corrected chi connectivity index (χ3v) is 2.68. The molecule has 0 spiro atoms. The number of carbonyl (C=O) groups is 1. The van der Waals surface area contributed by atoms with E-state index in [1.165, 1.54) is 6.07 Å². The minimum absolute atomic E-state index is 0.0516. The molecule has 0 aliphatic carbocycles. The number of nitrogens with one attached hydrogen (secondary N) is 1. The average Bonchev–Trinajstić information content (AvgIpc) is 2.32. The molecule has 17 heavy (non-hydrogen) atoms. The number of carbonyl (C=O) groups excluding carboxylic acids is 1. The number of amides is 1. The lowest BCUT2D eigenvalue weighted by atomic mass is 10.0. The highest BCUT2D eigenvalue weighted by Crippen LogP contribution is 2.10. The van der Waals surface area contributed by atoms with Crippen molar-refractivity contribution in [1.29, 1.82) is 5.26 Å². The lowest BCUT2D eigenvalue weighted by Crippen LogP contribution is -2.45. The monoisotopic (exact) mass is 234 g/mol. The minimum Gasteiger partial charge on any atom is -0.338 e. The van der Waals surface area contributed by atoms with Crippen LogP contribution in [-0.2, 0) is 11.2 Å². The number of hydrogen-bond acceptors (Lipinski definition) is 2. The normalized spacial score (nSPS) is 13.5. The SMILES string of the molecule is CC[C@](C)(C#N)NC(=O)Cc1ccccc1F. The summed E-state index contributed by atoms with van der Waals surface area (Å²) in [6, 6.07) is 8.15. The number of halogens is 1. The Bertz CT molecular complexity index is 453. The molecule has 0 heterocycles. The Kier molecular flexibility index (Phi) is 4.22. The molecule has 1 amide bonds. The maximum absolute atomic E-state index is 13.3. The van der Waals surface area contributed by atoms with Gasteiger partial charge in [-0.05, 0) is 25.0 Å². The molecule has 1 rings (SSSR count). The first-order chi connectivity index (χ1) is 8.00. The summed E-state index contributed by atoms with van der Waals surface area (Å²) >= 11 is 0. The first kappa shape index (κ1) is 13.2. The molecule has 1 atom stereocenters. The van der Waals surface area contributed by atoms with E-state index in [2.05, 4.69) is 5.32 Å². The summed E-state index contributed by atoms with van der Waals surface area (Å²) in [4.78, 5) is 11.7. The zero-order valence-corrected chi connectivity index (χ0v) is 9.96. The molecular weight excluding hydrogens is 219 g/mol. The molecule has 0 aliphatic rings. The molecule has 1 N–H and O–H groups in total. The summed E-state index contributed by atoms with van der Waals surface area (Å²) < 4.78 is 13.3. The summed E-state index contributed by atoms with van der Waals surface area (Å²) in [5.74, 6) is -0.751. The van der Waals surface area contributed by atoms with Crippen molar-refractivity contribution in [2.75, 3.05) is 0 Å². The van der Waals surface area contributed by atoms with E-state index in [9.17, 15) is 9.18 Å². The van der Waals surface area contributed by atoms with Crippen LogP contribution < -0.4 is 5.32 Å². The van der Waals surface area contributed by atoms with Crippen LogP contribution >= 0.6 is 0 Å². The molecule has 0 aliphatic heterocycles. The first-order valence-electron chi connectivity index (χ1n) is 5.46. The van der Waals surface area contributed by atoms with Crippen molar-refractivity contribution >= 4 is 5.91 Å². The molecule has 1 aromatic rings. The molecule has 1 aromatic carbocycles. The van der Waals surface area contributed by atoms with Crippen molar-refractivity contribution in [3.63, 3.8) is 0 Å². The average molecular weight is 234 g/mol. The molecule has 0 bridgehead atoms. The molecule has 0 radical (unpaired) electrons. The third kappa shape index (κ3) is 3.56. The third-order valence-electron chi connectivity index (χ3n) is 2.68. The number of nitriles is 1. The Morgan fingerprint density at radius 2 is 2.18 bits per heavy atom. The van der Waals surface area contributed by atoms with Gasteiger partial charge < -0.3 is 5.32 Å². The second-order valence-electron chi connectivity index (χ2n) is 4.11. The van der Waals surface area contributed by atoms with Crippen LogP contribution in [0, 0.1) is 17.1 Å². The lowest BCUT2D eigenvalue weighted by molar-refractivity contribution is -0.121. The van der Waals surface area contributed by atoms with Crippen molar-refractivity contribution in [3.05, 3.63) is 35.6 Å². The van der Waals surface area contributed by atoms with Gasteiger partial charge in [0.1, 0.15) is 11.4 Å². The standard InChI is InChI=1S/C13H15FN2O/c1-3-13(2,9-15)16-12(17)8-10-6-4-5-7-11(10)14/h4-7H,3,8H2,1-2H3,(H,16,17)/t13-/m1/s1. The van der Waals surface area contributed by atoms with Gasteiger partial charge in [0, 0.05) is 0 Å². The van der Waals surface area contributed by atoms with Crippen molar-refractivity contribution < 1.29 is 9.18 Å². The van der Waals surface area contributed by atoms with Gasteiger partial charge in [-0.3, -0.25) is 4.79 Å². The van der Waals surface area contributed by atoms with Gasteiger partial charge in [-0.2, -0.15) is 5.26 Å². The van der Waals surface area contributed by atoms with Crippen LogP contribution in [0.1, 0.15) is 25.8 Å². The Morgan fingerprint density at radius 1 is 1.53 bits per heavy atom. The molecule has 0 aromatic heterocycles. The second kappa shape index (κ2) is 5.44. The van der Waals surface area contributed by atoms with Crippen LogP contribution in [0.5, 0.6) is 0 Å². The lowest BCUT2D eigenvalue weighted by Gasteiger charge is -2.21. The van der Waals surface area contributed by atoms with E-state index in [4.69, 9.17) is 5.26 Å². The maximum atomic E-state index is 13.3. The van der Waals surface area contributed by atoms with Gasteiger partial charge in [0.2, 0.25) is 5.91 Å². The van der Waals surface area contributed by atoms with Gasteiger partial charge in [0.25, 0.3) is 0 Å². The smallest absolute Gasteiger partial charge is 0.225 e. The van der Waals surface area contributed by atoms with E-state index in [0.717, 1.165) is 0 Å². The fourth-order valence-electron chi connectivity index (χ4n) is 1.36. The van der Waals surface area contributed by atoms with Gasteiger partial charge in [-0.1, -0.05) is 25.1 Å². The molecule has 0 saturated heterocycles. The topological polar surface area (TPSA) is 52.9 Å². The summed E-state index contributed by atoms with van der Waals surface area (Å²) in [7, 11) is 0. The van der Waals surface area contributed by atoms with E-state index >= 15 is 0 Å². The van der Waals surface area contributed by atoms with Crippen molar-refractivity contribution in [1.82, 2.24) is 5.32 Å². The predicted octanol–water partition coefficient (Wildman–Crippen LogP) is 2.18. The van der Waals surface area contributed by atoms with E-state index in [1.54, 1.807) is 25.1 Å². The molecule has 90 valence electrons. The Labute approximate surface area is 100 Å². The van der Waals surface area contributed by atoms with Gasteiger partial charge in [-0.15, -0.1) is 0 Å². The Morgan fingerprint density at radius 3 is 2.71 bits per heavy atom. The highest BCUT2D eigenvalue weighted by molar-refractivity contribution is 5.79. The number of benzene rings is 1. The quantitative estimate of drug-likeness (QED) is 0.868. The van der Waals surface area contributed by atoms with E-state index in [-0.39, 0.29) is 12.3 Å². The second-order valence-corrected chi connectivity index (χ2v) is 4.11. The van der Waals surface area contributed by atoms with Gasteiger partial charge in [0.05, 0.1) is 12.5 Å². The highest BCUT2D eigenvalue weighted by atomic mass is 19.1. The van der Waals surface area contributed by atoms with E-state index in [1.807, 2.05) is 13.0 Å². The van der Waals surface area contributed by atoms with Gasteiger partial charge in [-0.25, -0.2) is 4.39 Å². The highest BCUT2D eigenvalue weighted by Gasteiger charge is 2.23. The largest absolute Gasteiger partial charge is 0.338 e. The summed E-state index contributed by atoms with van der Waals surface area (Å²) in [5.41, 5.74) is -0.552. The van der Waals surface area contributed by atoms with E-state index < -0.39 is 11.4 Å². The zero-order chi connectivity index (χ0) is 12.9. The molecule has 4 heteroatoms. The van der Waals surface area contributed by atoms with Crippen LogP contribution in [0.15, 0.2) is 24.3 Å². The number of hydrogen-bond donors (Lipinski definition) is 1. The van der Waals surface area contributed by atoms with Gasteiger partial charge >= 0.3 is 0 Å². The van der Waals surface area contributed by atoms with Crippen LogP contribution in [-0.4, -0.2) is 11.4 Å². The molecular formula is C13H15FN2O. The predicted molar refractivity (Wildman–Crippen MR) is 62.6 cm³/mol. The van der Waals surface area contributed by atoms with Crippen molar-refractivity contribution in [3.8, 4) is 6.07 Å². The molecule has 0 saturated carbocycles. The molecule has 3 nitrogen and oxygen atoms in total. The number of rotatable bonds is 4. The summed E-state index contributed by atoms with van der Waals surface area (Å²) in [5, 5.41) is 11.5. The summed E-state index contributed by atoms with van der Waals surface area (Å²) in [6.07, 6.45) is 0.455. The Hall–Kier alpha value is -1.89. The van der Waals surface area contributed by atoms with Crippen LogP contribution in [0.4, 0.5) is 4.39 Å². The fraction of sp³-hybridized carbons (Fsp3) is 0.385. The Balaban J connectivity index is 2.69. The minimum atomic E-state index is -0.887. The van der Waals surface area contributed by atoms with Gasteiger partial charge in [0.15, 0.2) is 0 Å². The molecule has 0 fully saturated rings.